The van der Waals surface area contributed by atoms with Crippen LogP contribution in [0.3, 0.4) is 0 Å². The van der Waals surface area contributed by atoms with E-state index in [9.17, 15) is 4.79 Å². The number of carbonyl (C=O) groups is 1. The van der Waals surface area contributed by atoms with E-state index in [-0.39, 0.29) is 0 Å². The van der Waals surface area contributed by atoms with Gasteiger partial charge in [0.2, 0.25) is 0 Å². The molecule has 0 amide bonds. The zero-order chi connectivity index (χ0) is 28.4. The minimum Gasteiger partial charge on any atom is -0.493 e. The van der Waals surface area contributed by atoms with E-state index < -0.39 is 11.4 Å². The molecule has 4 nitrogen and oxygen atoms in total. The molecule has 0 atom stereocenters. The summed E-state index contributed by atoms with van der Waals surface area (Å²) in [6, 6.07) is 23.8. The van der Waals surface area contributed by atoms with Crippen LogP contribution in [0.4, 0.5) is 0 Å². The Bertz CT molecular complexity index is 1220. The van der Waals surface area contributed by atoms with E-state index in [1.807, 2.05) is 26.0 Å². The number of aryl methyl sites for hydroxylation is 4. The Labute approximate surface area is 235 Å². The molecule has 4 heteroatoms. The van der Waals surface area contributed by atoms with Gasteiger partial charge in [-0.2, -0.15) is 0 Å². The van der Waals surface area contributed by atoms with Gasteiger partial charge in [-0.05, 0) is 119 Å². The standard InChI is InChI=1S/C20H23N.C15H22O3/c1-21(2)15-7-12-20-18-10-5-3-8-16(18)13-14-17-9-4-6-11-19(17)20;1-11-6-7-12(2)13(10-11)18-9-5-8-15(3,4)14(16)17/h3-6,8-12H,7,13-15H2,1-2H3;6-7,10H,5,8-9H2,1-4H3,(H,16,17). The molecular formula is C35H45NO3. The number of fused-ring (bicyclic) bond motifs is 2. The van der Waals surface area contributed by atoms with Crippen molar-refractivity contribution in [3.05, 3.63) is 106 Å². The largest absolute Gasteiger partial charge is 0.493 e. The monoisotopic (exact) mass is 527 g/mol. The maximum absolute atomic E-state index is 10.9. The van der Waals surface area contributed by atoms with E-state index in [0.29, 0.717) is 13.0 Å². The third-order valence-corrected chi connectivity index (χ3v) is 7.33. The van der Waals surface area contributed by atoms with Crippen LogP contribution < -0.4 is 4.74 Å². The first-order valence-electron chi connectivity index (χ1n) is 14.0. The lowest BCUT2D eigenvalue weighted by Crippen LogP contribution is -2.24. The van der Waals surface area contributed by atoms with Gasteiger partial charge in [-0.1, -0.05) is 66.7 Å². The summed E-state index contributed by atoms with van der Waals surface area (Å²) >= 11 is 0. The van der Waals surface area contributed by atoms with E-state index in [0.717, 1.165) is 43.5 Å². The van der Waals surface area contributed by atoms with E-state index in [1.165, 1.54) is 33.4 Å². The third kappa shape index (κ3) is 8.83. The van der Waals surface area contributed by atoms with E-state index >= 15 is 0 Å². The Hall–Kier alpha value is -3.37. The molecule has 208 valence electrons. The van der Waals surface area contributed by atoms with E-state index in [1.54, 1.807) is 13.8 Å². The van der Waals surface area contributed by atoms with Gasteiger partial charge in [-0.25, -0.2) is 0 Å². The third-order valence-electron chi connectivity index (χ3n) is 7.33. The van der Waals surface area contributed by atoms with Gasteiger partial charge in [0, 0.05) is 6.54 Å². The van der Waals surface area contributed by atoms with Gasteiger partial charge < -0.3 is 14.7 Å². The first-order valence-corrected chi connectivity index (χ1v) is 14.0. The van der Waals surface area contributed by atoms with Gasteiger partial charge in [0.25, 0.3) is 0 Å². The van der Waals surface area contributed by atoms with Crippen LogP contribution in [0.1, 0.15) is 66.5 Å². The molecule has 1 N–H and O–H groups in total. The summed E-state index contributed by atoms with van der Waals surface area (Å²) in [6.07, 6.45) is 7.14. The zero-order valence-electron chi connectivity index (χ0n) is 24.6. The Morgan fingerprint density at radius 1 is 0.949 bits per heavy atom. The van der Waals surface area contributed by atoms with Gasteiger partial charge >= 0.3 is 5.97 Å². The molecule has 3 aromatic rings. The molecule has 0 saturated heterocycles. The topological polar surface area (TPSA) is 49.8 Å². The molecule has 0 heterocycles. The van der Waals surface area contributed by atoms with Gasteiger partial charge in [-0.3, -0.25) is 4.79 Å². The number of hydrogen-bond acceptors (Lipinski definition) is 3. The van der Waals surface area contributed by atoms with Crippen LogP contribution in [0, 0.1) is 19.3 Å². The fourth-order valence-electron chi connectivity index (χ4n) is 4.77. The first kappa shape index (κ1) is 30.2. The number of ether oxygens (including phenoxy) is 1. The lowest BCUT2D eigenvalue weighted by atomic mass is 9.88. The molecule has 0 fully saturated rings. The van der Waals surface area contributed by atoms with Crippen LogP contribution in [0.5, 0.6) is 5.75 Å². The molecular weight excluding hydrogens is 482 g/mol. The molecule has 1 aliphatic rings. The minimum atomic E-state index is -0.755. The highest BCUT2D eigenvalue weighted by Gasteiger charge is 2.26. The lowest BCUT2D eigenvalue weighted by Gasteiger charge is -2.19. The van der Waals surface area contributed by atoms with Crippen molar-refractivity contribution in [1.29, 1.82) is 0 Å². The molecule has 0 aliphatic heterocycles. The van der Waals surface area contributed by atoms with Crippen molar-refractivity contribution in [3.8, 4) is 5.75 Å². The SMILES string of the molecule is CN(C)CCC=C1c2ccccc2CCc2ccccc21.Cc1ccc(C)c(OCCCC(C)(C)C(=O)O)c1. The smallest absolute Gasteiger partial charge is 0.309 e. The average molecular weight is 528 g/mol. The second-order valence-electron chi connectivity index (χ2n) is 11.4. The summed E-state index contributed by atoms with van der Waals surface area (Å²) in [4.78, 5) is 13.2. The van der Waals surface area contributed by atoms with Crippen LogP contribution in [0.25, 0.3) is 5.57 Å². The molecule has 0 unspecified atom stereocenters. The number of hydrogen-bond donors (Lipinski definition) is 1. The molecule has 0 radical (unpaired) electrons. The van der Waals surface area contributed by atoms with Crippen LogP contribution in [0.15, 0.2) is 72.8 Å². The van der Waals surface area contributed by atoms with Gasteiger partial charge in [-0.15, -0.1) is 0 Å². The number of benzene rings is 3. The second kappa shape index (κ2) is 14.1. The van der Waals surface area contributed by atoms with Crippen molar-refractivity contribution in [3.63, 3.8) is 0 Å². The Kier molecular flexibility index (Phi) is 10.9. The van der Waals surface area contributed by atoms with Crippen LogP contribution in [-0.2, 0) is 17.6 Å². The molecule has 0 saturated carbocycles. The molecule has 0 spiro atoms. The van der Waals surface area contributed by atoms with Crippen molar-refractivity contribution in [2.45, 2.75) is 59.8 Å². The normalized spacial score (nSPS) is 12.5. The van der Waals surface area contributed by atoms with Gasteiger partial charge in [0.1, 0.15) is 5.75 Å². The quantitative estimate of drug-likeness (QED) is 0.289. The molecule has 3 aromatic carbocycles. The fraction of sp³-hybridized carbons (Fsp3) is 0.400. The van der Waals surface area contributed by atoms with Crippen molar-refractivity contribution < 1.29 is 14.6 Å². The molecule has 1 aliphatic carbocycles. The van der Waals surface area contributed by atoms with Crippen LogP contribution >= 0.6 is 0 Å². The number of carboxylic acids is 1. The minimum absolute atomic E-state index is 0.557. The maximum Gasteiger partial charge on any atom is 0.309 e. The molecule has 4 rings (SSSR count). The Balaban J connectivity index is 0.000000219. The highest BCUT2D eigenvalue weighted by Crippen LogP contribution is 2.33. The van der Waals surface area contributed by atoms with Crippen LogP contribution in [-0.4, -0.2) is 43.2 Å². The summed E-state index contributed by atoms with van der Waals surface area (Å²) in [5.74, 6) is 0.136. The number of nitrogens with zero attached hydrogens (tertiary/aromatic N) is 1. The van der Waals surface area contributed by atoms with E-state index in [4.69, 9.17) is 9.84 Å². The number of aliphatic carboxylic acids is 1. The predicted octanol–water partition coefficient (Wildman–Crippen LogP) is 7.74. The van der Waals surface area contributed by atoms with Gasteiger partial charge in [0.15, 0.2) is 0 Å². The zero-order valence-corrected chi connectivity index (χ0v) is 24.6. The maximum atomic E-state index is 10.9. The summed E-state index contributed by atoms with van der Waals surface area (Å²) in [6.45, 7) is 9.17. The molecule has 0 bridgehead atoms. The van der Waals surface area contributed by atoms with Crippen molar-refractivity contribution in [2.75, 3.05) is 27.2 Å². The highest BCUT2D eigenvalue weighted by molar-refractivity contribution is 5.83. The molecule has 0 aromatic heterocycles. The number of carboxylic acid groups (broad SMARTS) is 1. The van der Waals surface area contributed by atoms with Crippen molar-refractivity contribution in [1.82, 2.24) is 4.90 Å². The first-order chi connectivity index (χ1) is 18.6. The van der Waals surface area contributed by atoms with Crippen molar-refractivity contribution >= 4 is 11.5 Å². The average Bonchev–Trinajstić information content (AvgIpc) is 3.06. The van der Waals surface area contributed by atoms with Crippen molar-refractivity contribution in [2.24, 2.45) is 5.41 Å². The summed E-state index contributed by atoms with van der Waals surface area (Å²) in [5, 5.41) is 9.00. The van der Waals surface area contributed by atoms with Gasteiger partial charge in [0.05, 0.1) is 12.0 Å². The summed E-state index contributed by atoms with van der Waals surface area (Å²) < 4.78 is 5.70. The van der Waals surface area contributed by atoms with E-state index in [2.05, 4.69) is 79.7 Å². The highest BCUT2D eigenvalue weighted by atomic mass is 16.5. The predicted molar refractivity (Wildman–Crippen MR) is 163 cm³/mol. The lowest BCUT2D eigenvalue weighted by molar-refractivity contribution is -0.147. The summed E-state index contributed by atoms with van der Waals surface area (Å²) in [5.41, 5.74) is 8.81. The Morgan fingerprint density at radius 2 is 1.54 bits per heavy atom. The van der Waals surface area contributed by atoms with Crippen LogP contribution in [0.2, 0.25) is 0 Å². The Morgan fingerprint density at radius 3 is 2.10 bits per heavy atom. The number of rotatable bonds is 9. The molecule has 39 heavy (non-hydrogen) atoms. The second-order valence-corrected chi connectivity index (χ2v) is 11.4. The fourth-order valence-corrected chi connectivity index (χ4v) is 4.77. The summed E-state index contributed by atoms with van der Waals surface area (Å²) in [7, 11) is 4.26.